The maximum Gasteiger partial charge on any atom is 0.322 e. The predicted octanol–water partition coefficient (Wildman–Crippen LogP) is 3.60. The number of aromatic nitrogens is 3. The van der Waals surface area contributed by atoms with Crippen molar-refractivity contribution in [1.82, 2.24) is 15.2 Å². The fraction of sp³-hybridized carbons (Fsp3) is 0.0500. The predicted molar refractivity (Wildman–Crippen MR) is 98.7 cm³/mol. The quantitative estimate of drug-likeness (QED) is 0.600. The molecular weight excluding hydrogens is 342 g/mol. The van der Waals surface area contributed by atoms with Gasteiger partial charge in [0, 0.05) is 10.9 Å². The highest BCUT2D eigenvalue weighted by Crippen LogP contribution is 2.25. The van der Waals surface area contributed by atoms with E-state index in [0.717, 1.165) is 5.56 Å². The van der Waals surface area contributed by atoms with Crippen LogP contribution in [0.5, 0.6) is 0 Å². The van der Waals surface area contributed by atoms with Crippen molar-refractivity contribution in [2.75, 3.05) is 5.32 Å². The SMILES string of the molecule is N#CCc1nnc(NC(=O)c2cc(-c3ccccc3)nc3ccccc23)o1. The fourth-order valence-electron chi connectivity index (χ4n) is 2.73. The first-order chi connectivity index (χ1) is 13.2. The van der Waals surface area contributed by atoms with Gasteiger partial charge in [0.25, 0.3) is 5.91 Å². The van der Waals surface area contributed by atoms with Gasteiger partial charge < -0.3 is 4.42 Å². The summed E-state index contributed by atoms with van der Waals surface area (Å²) in [5.41, 5.74) is 2.75. The molecule has 0 aliphatic rings. The van der Waals surface area contributed by atoms with Crippen molar-refractivity contribution < 1.29 is 9.21 Å². The van der Waals surface area contributed by atoms with Crippen LogP contribution in [0, 0.1) is 11.3 Å². The number of benzene rings is 2. The average Bonchev–Trinajstić information content (AvgIpc) is 3.15. The third-order valence-corrected chi connectivity index (χ3v) is 3.95. The first-order valence-electron chi connectivity index (χ1n) is 8.20. The maximum absolute atomic E-state index is 12.8. The highest BCUT2D eigenvalue weighted by molar-refractivity contribution is 6.12. The molecule has 1 amide bonds. The van der Waals surface area contributed by atoms with E-state index >= 15 is 0 Å². The molecule has 7 nitrogen and oxygen atoms in total. The molecule has 0 radical (unpaired) electrons. The lowest BCUT2D eigenvalue weighted by molar-refractivity contribution is 0.102. The molecule has 2 heterocycles. The van der Waals surface area contributed by atoms with Crippen molar-refractivity contribution in [3.63, 3.8) is 0 Å². The number of fused-ring (bicyclic) bond motifs is 1. The molecule has 0 spiro atoms. The first kappa shape index (κ1) is 16.4. The van der Waals surface area contributed by atoms with Crippen LogP contribution in [0.1, 0.15) is 16.2 Å². The smallest absolute Gasteiger partial charge is 0.322 e. The molecule has 1 N–H and O–H groups in total. The van der Waals surface area contributed by atoms with E-state index in [-0.39, 0.29) is 18.3 Å². The summed E-state index contributed by atoms with van der Waals surface area (Å²) in [5.74, 6) is -0.240. The zero-order valence-electron chi connectivity index (χ0n) is 14.1. The van der Waals surface area contributed by atoms with Gasteiger partial charge in [-0.05, 0) is 12.1 Å². The van der Waals surface area contributed by atoms with Crippen molar-refractivity contribution in [3.8, 4) is 17.3 Å². The molecule has 0 atom stereocenters. The Kier molecular flexibility index (Phi) is 4.29. The number of nitriles is 1. The van der Waals surface area contributed by atoms with Crippen LogP contribution in [0.3, 0.4) is 0 Å². The molecule has 4 rings (SSSR count). The number of nitrogens with one attached hydrogen (secondary N) is 1. The Morgan fingerprint density at radius 1 is 1.07 bits per heavy atom. The average molecular weight is 355 g/mol. The second kappa shape index (κ2) is 7.06. The fourth-order valence-corrected chi connectivity index (χ4v) is 2.73. The van der Waals surface area contributed by atoms with E-state index in [9.17, 15) is 4.79 Å². The van der Waals surface area contributed by atoms with E-state index in [1.807, 2.05) is 60.7 Å². The molecule has 4 aromatic rings. The number of amides is 1. The van der Waals surface area contributed by atoms with Crippen LogP contribution >= 0.6 is 0 Å². The minimum Gasteiger partial charge on any atom is -0.407 e. The van der Waals surface area contributed by atoms with E-state index in [2.05, 4.69) is 20.5 Å². The van der Waals surface area contributed by atoms with E-state index in [1.165, 1.54) is 0 Å². The minimum atomic E-state index is -0.391. The number of para-hydroxylation sites is 1. The van der Waals surface area contributed by atoms with E-state index in [1.54, 1.807) is 6.07 Å². The molecule has 27 heavy (non-hydrogen) atoms. The molecule has 0 bridgehead atoms. The van der Waals surface area contributed by atoms with Gasteiger partial charge in [-0.15, -0.1) is 5.10 Å². The Morgan fingerprint density at radius 3 is 2.67 bits per heavy atom. The molecule has 0 fully saturated rings. The van der Waals surface area contributed by atoms with Crippen LogP contribution in [-0.4, -0.2) is 21.1 Å². The van der Waals surface area contributed by atoms with Gasteiger partial charge in [0.1, 0.15) is 6.42 Å². The number of hydrogen-bond donors (Lipinski definition) is 1. The summed E-state index contributed by atoms with van der Waals surface area (Å²) in [6.07, 6.45) is -0.0147. The maximum atomic E-state index is 12.8. The summed E-state index contributed by atoms with van der Waals surface area (Å²) in [6, 6.07) is 20.6. The Hall–Kier alpha value is -4.05. The lowest BCUT2D eigenvalue weighted by atomic mass is 10.0. The summed E-state index contributed by atoms with van der Waals surface area (Å²) >= 11 is 0. The van der Waals surface area contributed by atoms with E-state index in [4.69, 9.17) is 9.68 Å². The largest absolute Gasteiger partial charge is 0.407 e. The summed E-state index contributed by atoms with van der Waals surface area (Å²) in [4.78, 5) is 17.5. The molecule has 7 heteroatoms. The Labute approximate surface area is 154 Å². The lowest BCUT2D eigenvalue weighted by Crippen LogP contribution is -2.13. The summed E-state index contributed by atoms with van der Waals surface area (Å²) in [7, 11) is 0. The molecule has 130 valence electrons. The second-order valence-electron chi connectivity index (χ2n) is 5.73. The second-order valence-corrected chi connectivity index (χ2v) is 5.73. The zero-order chi connectivity index (χ0) is 18.6. The Balaban J connectivity index is 1.75. The Bertz CT molecular complexity index is 1160. The molecule has 2 aromatic carbocycles. The van der Waals surface area contributed by atoms with Crippen molar-refractivity contribution in [1.29, 1.82) is 5.26 Å². The van der Waals surface area contributed by atoms with Gasteiger partial charge in [0.15, 0.2) is 0 Å². The van der Waals surface area contributed by atoms with Crippen molar-refractivity contribution >= 4 is 22.8 Å². The van der Waals surface area contributed by atoms with Crippen molar-refractivity contribution in [3.05, 3.63) is 72.1 Å². The van der Waals surface area contributed by atoms with Crippen molar-refractivity contribution in [2.45, 2.75) is 6.42 Å². The summed E-state index contributed by atoms with van der Waals surface area (Å²) < 4.78 is 5.25. The normalized spacial score (nSPS) is 10.5. The van der Waals surface area contributed by atoms with Gasteiger partial charge in [-0.3, -0.25) is 10.1 Å². The number of pyridine rings is 1. The highest BCUT2D eigenvalue weighted by atomic mass is 16.4. The first-order valence-corrected chi connectivity index (χ1v) is 8.20. The monoisotopic (exact) mass is 355 g/mol. The number of hydrogen-bond acceptors (Lipinski definition) is 6. The molecule has 0 saturated heterocycles. The van der Waals surface area contributed by atoms with Crippen molar-refractivity contribution in [2.24, 2.45) is 0 Å². The number of anilines is 1. The van der Waals surface area contributed by atoms with E-state index < -0.39 is 5.91 Å². The molecule has 2 aromatic heterocycles. The molecule has 0 unspecified atom stereocenters. The van der Waals surface area contributed by atoms with Crippen LogP contribution in [0.4, 0.5) is 6.01 Å². The van der Waals surface area contributed by atoms with Gasteiger partial charge in [-0.25, -0.2) is 4.98 Å². The number of rotatable bonds is 4. The van der Waals surface area contributed by atoms with Crippen LogP contribution in [0.2, 0.25) is 0 Å². The lowest BCUT2D eigenvalue weighted by Gasteiger charge is -2.09. The Morgan fingerprint density at radius 2 is 1.85 bits per heavy atom. The van der Waals surface area contributed by atoms with Crippen LogP contribution in [0.15, 0.2) is 65.1 Å². The molecule has 0 saturated carbocycles. The third kappa shape index (κ3) is 3.37. The van der Waals surface area contributed by atoms with Gasteiger partial charge in [-0.2, -0.15) is 5.26 Å². The molecule has 0 aliphatic heterocycles. The zero-order valence-corrected chi connectivity index (χ0v) is 14.1. The summed E-state index contributed by atoms with van der Waals surface area (Å²) in [6.45, 7) is 0. The number of nitrogens with zero attached hydrogens (tertiary/aromatic N) is 4. The number of carbonyl (C=O) groups excluding carboxylic acids is 1. The van der Waals surface area contributed by atoms with E-state index in [0.29, 0.717) is 22.2 Å². The van der Waals surface area contributed by atoms with Gasteiger partial charge in [-0.1, -0.05) is 53.6 Å². The van der Waals surface area contributed by atoms with Crippen LogP contribution in [0.25, 0.3) is 22.2 Å². The third-order valence-electron chi connectivity index (χ3n) is 3.95. The topological polar surface area (TPSA) is 105 Å². The standard InChI is InChI=1S/C20H13N5O2/c21-11-10-18-24-25-20(27-18)23-19(26)15-12-17(13-6-2-1-3-7-13)22-16-9-5-4-8-14(15)16/h1-9,12H,10H2,(H,23,25,26). The van der Waals surface area contributed by atoms with Crippen LogP contribution in [-0.2, 0) is 6.42 Å². The van der Waals surface area contributed by atoms with Crippen LogP contribution < -0.4 is 5.32 Å². The van der Waals surface area contributed by atoms with Gasteiger partial charge in [0.2, 0.25) is 5.89 Å². The molecular formula is C20H13N5O2. The minimum absolute atomic E-state index is 0.0147. The molecule has 0 aliphatic carbocycles. The van der Waals surface area contributed by atoms with Gasteiger partial charge >= 0.3 is 6.01 Å². The highest BCUT2D eigenvalue weighted by Gasteiger charge is 2.16. The summed E-state index contributed by atoms with van der Waals surface area (Å²) in [5, 5.41) is 19.4. The van der Waals surface area contributed by atoms with Gasteiger partial charge in [0.05, 0.1) is 22.8 Å². The number of carbonyl (C=O) groups is 1.